The predicted molar refractivity (Wildman–Crippen MR) is 71.5 cm³/mol. The highest BCUT2D eigenvalue weighted by Crippen LogP contribution is 2.36. The normalized spacial score (nSPS) is 19.7. The zero-order valence-electron chi connectivity index (χ0n) is 11.6. The van der Waals surface area contributed by atoms with E-state index < -0.39 is 0 Å². The maximum atomic E-state index is 5.89. The van der Waals surface area contributed by atoms with Crippen LogP contribution in [0.2, 0.25) is 0 Å². The molecule has 0 aromatic carbocycles. The van der Waals surface area contributed by atoms with E-state index in [1.807, 2.05) is 19.2 Å². The molecule has 4 nitrogen and oxygen atoms in total. The largest absolute Gasteiger partial charge is 0.473 e. The molecular formula is C14H23N3O. The summed E-state index contributed by atoms with van der Waals surface area (Å²) in [6.45, 7) is 5.40. The molecule has 0 atom stereocenters. The van der Waals surface area contributed by atoms with Crippen LogP contribution in [-0.2, 0) is 6.54 Å². The molecule has 0 spiro atoms. The number of ether oxygens (including phenoxy) is 1. The van der Waals surface area contributed by atoms with Crippen LogP contribution in [0.4, 0.5) is 0 Å². The van der Waals surface area contributed by atoms with Crippen molar-refractivity contribution in [1.82, 2.24) is 15.5 Å². The first-order chi connectivity index (χ1) is 8.59. The Morgan fingerprint density at radius 2 is 2.00 bits per heavy atom. The van der Waals surface area contributed by atoms with Crippen LogP contribution < -0.4 is 10.1 Å². The molecule has 0 unspecified atom stereocenters. The fraction of sp³-hybridized carbons (Fsp3) is 0.714. The second kappa shape index (κ2) is 5.65. The quantitative estimate of drug-likeness (QED) is 0.891. The third kappa shape index (κ3) is 3.67. The summed E-state index contributed by atoms with van der Waals surface area (Å²) in [5.74, 6) is 0.652. The number of nitrogens with zero attached hydrogens (tertiary/aromatic N) is 2. The van der Waals surface area contributed by atoms with Crippen LogP contribution >= 0.6 is 0 Å². The van der Waals surface area contributed by atoms with Gasteiger partial charge in [0.1, 0.15) is 6.10 Å². The average Bonchev–Trinajstić information content (AvgIpc) is 2.35. The molecule has 2 rings (SSSR count). The van der Waals surface area contributed by atoms with Crippen molar-refractivity contribution in [2.24, 2.45) is 5.41 Å². The van der Waals surface area contributed by atoms with Gasteiger partial charge in [0.2, 0.25) is 5.88 Å². The van der Waals surface area contributed by atoms with Crippen LogP contribution in [-0.4, -0.2) is 23.3 Å². The highest BCUT2D eigenvalue weighted by molar-refractivity contribution is 5.11. The Labute approximate surface area is 109 Å². The van der Waals surface area contributed by atoms with Crippen molar-refractivity contribution in [3.05, 3.63) is 17.8 Å². The monoisotopic (exact) mass is 249 g/mol. The number of hydrogen-bond donors (Lipinski definition) is 1. The minimum absolute atomic E-state index is 0.308. The highest BCUT2D eigenvalue weighted by atomic mass is 16.5. The summed E-state index contributed by atoms with van der Waals surface area (Å²) in [5, 5.41) is 11.3. The molecule has 0 radical (unpaired) electrons. The first-order valence-electron chi connectivity index (χ1n) is 6.73. The van der Waals surface area contributed by atoms with Gasteiger partial charge in [-0.15, -0.1) is 5.10 Å². The van der Waals surface area contributed by atoms with E-state index in [-0.39, 0.29) is 0 Å². The zero-order chi connectivity index (χ0) is 13.0. The molecule has 1 saturated carbocycles. The van der Waals surface area contributed by atoms with E-state index in [0.717, 1.165) is 25.1 Å². The lowest BCUT2D eigenvalue weighted by molar-refractivity contribution is 0.0939. The van der Waals surface area contributed by atoms with E-state index in [4.69, 9.17) is 4.74 Å². The minimum Gasteiger partial charge on any atom is -0.473 e. The molecule has 18 heavy (non-hydrogen) atoms. The first-order valence-corrected chi connectivity index (χ1v) is 6.73. The molecule has 0 aliphatic heterocycles. The molecule has 0 saturated heterocycles. The van der Waals surface area contributed by atoms with Gasteiger partial charge in [0.05, 0.1) is 5.69 Å². The molecule has 0 amide bonds. The first kappa shape index (κ1) is 13.3. The van der Waals surface area contributed by atoms with E-state index in [0.29, 0.717) is 17.4 Å². The lowest BCUT2D eigenvalue weighted by Gasteiger charge is -2.33. The summed E-state index contributed by atoms with van der Waals surface area (Å²) < 4.78 is 5.89. The molecule has 1 aliphatic carbocycles. The van der Waals surface area contributed by atoms with Gasteiger partial charge >= 0.3 is 0 Å². The van der Waals surface area contributed by atoms with Gasteiger partial charge in [-0.25, -0.2) is 0 Å². The molecule has 1 fully saturated rings. The summed E-state index contributed by atoms with van der Waals surface area (Å²) in [6.07, 6.45) is 4.99. The number of aromatic nitrogens is 2. The number of hydrogen-bond acceptors (Lipinski definition) is 4. The van der Waals surface area contributed by atoms with Crippen LogP contribution in [0, 0.1) is 5.41 Å². The van der Waals surface area contributed by atoms with Gasteiger partial charge in [0.15, 0.2) is 0 Å². The van der Waals surface area contributed by atoms with Crippen molar-refractivity contribution in [3.63, 3.8) is 0 Å². The van der Waals surface area contributed by atoms with Crippen LogP contribution in [0.1, 0.15) is 45.2 Å². The highest BCUT2D eigenvalue weighted by Gasteiger charge is 2.27. The van der Waals surface area contributed by atoms with Crippen molar-refractivity contribution < 1.29 is 4.74 Å². The molecule has 100 valence electrons. The maximum absolute atomic E-state index is 5.89. The van der Waals surface area contributed by atoms with Crippen molar-refractivity contribution in [2.45, 2.75) is 52.2 Å². The average molecular weight is 249 g/mol. The van der Waals surface area contributed by atoms with Crippen LogP contribution in [0.3, 0.4) is 0 Å². The van der Waals surface area contributed by atoms with Crippen LogP contribution in [0.5, 0.6) is 5.88 Å². The molecule has 1 N–H and O–H groups in total. The van der Waals surface area contributed by atoms with Crippen molar-refractivity contribution in [3.8, 4) is 5.88 Å². The van der Waals surface area contributed by atoms with Gasteiger partial charge in [-0.1, -0.05) is 13.8 Å². The molecule has 1 aromatic rings. The Morgan fingerprint density at radius 3 is 2.56 bits per heavy atom. The van der Waals surface area contributed by atoms with E-state index in [1.165, 1.54) is 12.8 Å². The van der Waals surface area contributed by atoms with Crippen molar-refractivity contribution in [2.75, 3.05) is 7.05 Å². The van der Waals surface area contributed by atoms with Crippen molar-refractivity contribution in [1.29, 1.82) is 0 Å². The molecule has 1 aromatic heterocycles. The maximum Gasteiger partial charge on any atom is 0.233 e. The lowest BCUT2D eigenvalue weighted by atomic mass is 9.76. The zero-order valence-corrected chi connectivity index (χ0v) is 11.6. The Kier molecular flexibility index (Phi) is 4.17. The van der Waals surface area contributed by atoms with Gasteiger partial charge in [-0.2, -0.15) is 5.10 Å². The third-order valence-corrected chi connectivity index (χ3v) is 3.63. The summed E-state index contributed by atoms with van der Waals surface area (Å²) >= 11 is 0. The standard InChI is InChI=1S/C14H23N3O/c1-14(2)8-6-12(7-9-14)18-13-5-4-11(10-15-3)16-17-13/h4-5,12,15H,6-10H2,1-3H3. The van der Waals surface area contributed by atoms with Gasteiger partial charge in [-0.05, 0) is 44.2 Å². The van der Waals surface area contributed by atoms with Crippen LogP contribution in [0.15, 0.2) is 12.1 Å². The minimum atomic E-state index is 0.308. The molecule has 0 bridgehead atoms. The Balaban J connectivity index is 1.86. The SMILES string of the molecule is CNCc1ccc(OC2CCC(C)(C)CC2)nn1. The Hall–Kier alpha value is -1.16. The van der Waals surface area contributed by atoms with E-state index >= 15 is 0 Å². The van der Waals surface area contributed by atoms with Gasteiger partial charge in [0, 0.05) is 12.6 Å². The van der Waals surface area contributed by atoms with Gasteiger partial charge < -0.3 is 10.1 Å². The molecule has 1 heterocycles. The predicted octanol–water partition coefficient (Wildman–Crippen LogP) is 2.54. The fourth-order valence-corrected chi connectivity index (χ4v) is 2.35. The Morgan fingerprint density at radius 1 is 1.28 bits per heavy atom. The number of rotatable bonds is 4. The second-order valence-corrected chi connectivity index (χ2v) is 5.87. The van der Waals surface area contributed by atoms with Gasteiger partial charge in [-0.3, -0.25) is 0 Å². The Bertz CT molecular complexity index is 365. The second-order valence-electron chi connectivity index (χ2n) is 5.87. The third-order valence-electron chi connectivity index (χ3n) is 3.63. The molecular weight excluding hydrogens is 226 g/mol. The fourth-order valence-electron chi connectivity index (χ4n) is 2.35. The lowest BCUT2D eigenvalue weighted by Crippen LogP contribution is -2.28. The number of nitrogens with one attached hydrogen (secondary N) is 1. The molecule has 1 aliphatic rings. The summed E-state index contributed by atoms with van der Waals surface area (Å²) in [7, 11) is 1.90. The van der Waals surface area contributed by atoms with Gasteiger partial charge in [0.25, 0.3) is 0 Å². The van der Waals surface area contributed by atoms with E-state index in [9.17, 15) is 0 Å². The smallest absolute Gasteiger partial charge is 0.233 e. The summed E-state index contributed by atoms with van der Waals surface area (Å²) in [4.78, 5) is 0. The van der Waals surface area contributed by atoms with Crippen molar-refractivity contribution >= 4 is 0 Å². The van der Waals surface area contributed by atoms with E-state index in [2.05, 4.69) is 29.4 Å². The molecule has 4 heteroatoms. The summed E-state index contributed by atoms with van der Waals surface area (Å²) in [6, 6.07) is 3.88. The summed E-state index contributed by atoms with van der Waals surface area (Å²) in [5.41, 5.74) is 1.41. The topological polar surface area (TPSA) is 47.0 Å². The van der Waals surface area contributed by atoms with Crippen LogP contribution in [0.25, 0.3) is 0 Å². The van der Waals surface area contributed by atoms with E-state index in [1.54, 1.807) is 0 Å².